The standard InChI is InChI=1S/C19H25N5OS.C2HF3O2/c1-13-10-11-16(23-22-13)24-12-6-9-15-17(24)21-19(26-15)18(25)20-14-7-4-2-3-5-8-14;3-2(4,5)1(6)7/h10-11,14H,2-9,12H2,1H3,(H,20,25);(H,6,7). The van der Waals surface area contributed by atoms with Crippen molar-refractivity contribution < 1.29 is 27.9 Å². The number of aromatic nitrogens is 3. The Morgan fingerprint density at radius 3 is 2.36 bits per heavy atom. The van der Waals surface area contributed by atoms with Gasteiger partial charge in [0.05, 0.1) is 5.69 Å². The molecule has 0 spiro atoms. The van der Waals surface area contributed by atoms with Crippen LogP contribution < -0.4 is 10.2 Å². The van der Waals surface area contributed by atoms with Gasteiger partial charge in [-0.05, 0) is 44.7 Å². The first-order valence-corrected chi connectivity index (χ1v) is 11.7. The number of hydrogen-bond acceptors (Lipinski definition) is 7. The smallest absolute Gasteiger partial charge is 0.475 e. The SMILES string of the molecule is Cc1ccc(N2CCCc3sc(C(=O)NC4CCCCCC4)nc32)nn1.O=C(O)C(F)(F)F. The molecule has 2 N–H and O–H groups in total. The molecular weight excluding hydrogens is 459 g/mol. The van der Waals surface area contributed by atoms with Crippen molar-refractivity contribution in [1.29, 1.82) is 0 Å². The number of halogens is 3. The number of aryl methyl sites for hydroxylation is 2. The molecule has 180 valence electrons. The maximum absolute atomic E-state index is 12.7. The first-order chi connectivity index (χ1) is 15.6. The fraction of sp³-hybridized carbons (Fsp3) is 0.571. The zero-order valence-corrected chi connectivity index (χ0v) is 19.0. The van der Waals surface area contributed by atoms with Gasteiger partial charge < -0.3 is 15.3 Å². The Labute approximate surface area is 193 Å². The summed E-state index contributed by atoms with van der Waals surface area (Å²) in [5.41, 5.74) is 0.896. The van der Waals surface area contributed by atoms with Gasteiger partial charge >= 0.3 is 12.1 Å². The van der Waals surface area contributed by atoms with Gasteiger partial charge in [0.15, 0.2) is 10.8 Å². The van der Waals surface area contributed by atoms with E-state index in [0.717, 1.165) is 49.6 Å². The number of hydrogen-bond donors (Lipinski definition) is 2. The summed E-state index contributed by atoms with van der Waals surface area (Å²) >= 11 is 1.53. The molecule has 2 aliphatic rings. The van der Waals surface area contributed by atoms with Gasteiger partial charge in [0.2, 0.25) is 0 Å². The Morgan fingerprint density at radius 1 is 1.12 bits per heavy atom. The zero-order chi connectivity index (χ0) is 24.0. The van der Waals surface area contributed by atoms with Gasteiger partial charge in [-0.1, -0.05) is 25.7 Å². The normalized spacial score (nSPS) is 16.8. The van der Waals surface area contributed by atoms with Gasteiger partial charge in [-0.2, -0.15) is 18.3 Å². The van der Waals surface area contributed by atoms with Crippen molar-refractivity contribution in [3.63, 3.8) is 0 Å². The molecule has 12 heteroatoms. The fourth-order valence-electron chi connectivity index (χ4n) is 3.75. The van der Waals surface area contributed by atoms with Gasteiger partial charge in [-0.15, -0.1) is 16.4 Å². The van der Waals surface area contributed by atoms with E-state index in [-0.39, 0.29) is 5.91 Å². The Balaban J connectivity index is 0.000000383. The number of amides is 1. The van der Waals surface area contributed by atoms with Gasteiger partial charge in [0.25, 0.3) is 5.91 Å². The minimum Gasteiger partial charge on any atom is -0.475 e. The van der Waals surface area contributed by atoms with Crippen LogP contribution in [0.4, 0.5) is 24.8 Å². The van der Waals surface area contributed by atoms with E-state index in [2.05, 4.69) is 25.4 Å². The first-order valence-electron chi connectivity index (χ1n) is 10.8. The van der Waals surface area contributed by atoms with Crippen LogP contribution in [-0.4, -0.2) is 50.9 Å². The summed E-state index contributed by atoms with van der Waals surface area (Å²) in [7, 11) is 0. The van der Waals surface area contributed by atoms with E-state index in [1.807, 2.05) is 19.1 Å². The minimum absolute atomic E-state index is 0.0220. The Bertz CT molecular complexity index is 957. The van der Waals surface area contributed by atoms with Gasteiger partial charge in [-0.25, -0.2) is 9.78 Å². The molecule has 0 radical (unpaired) electrons. The van der Waals surface area contributed by atoms with E-state index in [1.165, 1.54) is 41.9 Å². The number of alkyl halides is 3. The highest BCUT2D eigenvalue weighted by atomic mass is 32.1. The molecule has 1 saturated carbocycles. The molecular formula is C21H26F3N5O3S. The lowest BCUT2D eigenvalue weighted by atomic mass is 10.1. The summed E-state index contributed by atoms with van der Waals surface area (Å²) in [5, 5.41) is 19.4. The second-order valence-corrected chi connectivity index (χ2v) is 9.10. The van der Waals surface area contributed by atoms with Crippen molar-refractivity contribution in [2.75, 3.05) is 11.4 Å². The van der Waals surface area contributed by atoms with E-state index < -0.39 is 12.1 Å². The number of aliphatic carboxylic acids is 1. The number of carbonyl (C=O) groups is 2. The van der Waals surface area contributed by atoms with Gasteiger partial charge in [-0.3, -0.25) is 4.79 Å². The molecule has 0 aromatic carbocycles. The van der Waals surface area contributed by atoms with E-state index >= 15 is 0 Å². The predicted octanol–water partition coefficient (Wildman–Crippen LogP) is 4.41. The summed E-state index contributed by atoms with van der Waals surface area (Å²) < 4.78 is 31.7. The number of nitrogens with zero attached hydrogens (tertiary/aromatic N) is 4. The van der Waals surface area contributed by atoms with Crippen molar-refractivity contribution >= 4 is 34.8 Å². The van der Waals surface area contributed by atoms with Crippen LogP contribution in [0.1, 0.15) is 65.3 Å². The Kier molecular flexibility index (Phi) is 8.22. The number of thiazole rings is 1. The molecule has 1 aliphatic carbocycles. The van der Waals surface area contributed by atoms with Crippen LogP contribution in [0.5, 0.6) is 0 Å². The van der Waals surface area contributed by atoms with E-state index in [0.29, 0.717) is 11.0 Å². The highest BCUT2D eigenvalue weighted by Crippen LogP contribution is 2.35. The summed E-state index contributed by atoms with van der Waals surface area (Å²) in [4.78, 5) is 29.6. The average Bonchev–Trinajstić information content (AvgIpc) is 3.05. The van der Waals surface area contributed by atoms with Crippen LogP contribution in [0.15, 0.2) is 12.1 Å². The van der Waals surface area contributed by atoms with Crippen LogP contribution in [0.3, 0.4) is 0 Å². The number of anilines is 2. The highest BCUT2D eigenvalue weighted by Gasteiger charge is 2.38. The summed E-state index contributed by atoms with van der Waals surface area (Å²) in [6.07, 6.45) is 4.07. The van der Waals surface area contributed by atoms with Crippen molar-refractivity contribution in [3.8, 4) is 0 Å². The second kappa shape index (κ2) is 10.9. The zero-order valence-electron chi connectivity index (χ0n) is 18.2. The van der Waals surface area contributed by atoms with Crippen molar-refractivity contribution in [3.05, 3.63) is 27.7 Å². The molecule has 33 heavy (non-hydrogen) atoms. The Hall–Kier alpha value is -2.76. The van der Waals surface area contributed by atoms with E-state index in [4.69, 9.17) is 9.90 Å². The molecule has 0 unspecified atom stereocenters. The van der Waals surface area contributed by atoms with Crippen LogP contribution in [-0.2, 0) is 11.2 Å². The largest absolute Gasteiger partial charge is 0.490 e. The molecule has 2 aromatic rings. The van der Waals surface area contributed by atoms with E-state index in [1.54, 1.807) is 0 Å². The number of nitrogens with one attached hydrogen (secondary N) is 1. The number of fused-ring (bicyclic) bond motifs is 1. The number of carboxylic acid groups (broad SMARTS) is 1. The lowest BCUT2D eigenvalue weighted by Crippen LogP contribution is -2.34. The number of carbonyl (C=O) groups excluding carboxylic acids is 1. The molecule has 1 aliphatic heterocycles. The fourth-order valence-corrected chi connectivity index (χ4v) is 4.76. The van der Waals surface area contributed by atoms with Gasteiger partial charge in [0, 0.05) is 17.5 Å². The second-order valence-electron chi connectivity index (χ2n) is 8.02. The third-order valence-electron chi connectivity index (χ3n) is 5.41. The van der Waals surface area contributed by atoms with Crippen molar-refractivity contribution in [1.82, 2.24) is 20.5 Å². The van der Waals surface area contributed by atoms with Crippen molar-refractivity contribution in [2.24, 2.45) is 0 Å². The number of rotatable bonds is 3. The average molecular weight is 486 g/mol. The quantitative estimate of drug-likeness (QED) is 0.620. The van der Waals surface area contributed by atoms with Crippen LogP contribution in [0.25, 0.3) is 0 Å². The molecule has 0 saturated heterocycles. The maximum Gasteiger partial charge on any atom is 0.490 e. The molecule has 3 heterocycles. The molecule has 0 bridgehead atoms. The lowest BCUT2D eigenvalue weighted by molar-refractivity contribution is -0.192. The molecule has 2 aromatic heterocycles. The molecule has 1 amide bonds. The third kappa shape index (κ3) is 6.86. The minimum atomic E-state index is -5.08. The highest BCUT2D eigenvalue weighted by molar-refractivity contribution is 7.14. The lowest BCUT2D eigenvalue weighted by Gasteiger charge is -2.25. The monoisotopic (exact) mass is 485 g/mol. The maximum atomic E-state index is 12.7. The van der Waals surface area contributed by atoms with Gasteiger partial charge in [0.1, 0.15) is 5.82 Å². The number of carboxylic acids is 1. The summed E-state index contributed by atoms with van der Waals surface area (Å²) in [6.45, 7) is 2.79. The first kappa shape index (κ1) is 24.9. The molecule has 0 atom stereocenters. The molecule has 1 fully saturated rings. The Morgan fingerprint density at radius 2 is 1.79 bits per heavy atom. The topological polar surface area (TPSA) is 108 Å². The molecule has 8 nitrogen and oxygen atoms in total. The van der Waals surface area contributed by atoms with Crippen LogP contribution in [0, 0.1) is 6.92 Å². The van der Waals surface area contributed by atoms with Crippen LogP contribution in [0.2, 0.25) is 0 Å². The summed E-state index contributed by atoms with van der Waals surface area (Å²) in [6, 6.07) is 4.23. The summed E-state index contributed by atoms with van der Waals surface area (Å²) in [5.74, 6) is -1.10. The molecule has 4 rings (SSSR count). The third-order valence-corrected chi connectivity index (χ3v) is 6.51. The van der Waals surface area contributed by atoms with E-state index in [9.17, 15) is 18.0 Å². The van der Waals surface area contributed by atoms with Crippen LogP contribution >= 0.6 is 11.3 Å². The van der Waals surface area contributed by atoms with Crippen molar-refractivity contribution in [2.45, 2.75) is 70.5 Å². The predicted molar refractivity (Wildman–Crippen MR) is 117 cm³/mol.